The van der Waals surface area contributed by atoms with E-state index in [2.05, 4.69) is 9.97 Å². The van der Waals surface area contributed by atoms with Crippen LogP contribution in [0.15, 0.2) is 48.8 Å². The molecule has 4 rings (SSSR count). The molecule has 0 aliphatic carbocycles. The van der Waals surface area contributed by atoms with Gasteiger partial charge < -0.3 is 14.6 Å². The van der Waals surface area contributed by atoms with E-state index in [1.165, 1.54) is 23.4 Å². The number of hydrogen-bond donors (Lipinski definition) is 1. The number of halogens is 3. The van der Waals surface area contributed by atoms with Crippen molar-refractivity contribution < 1.29 is 27.5 Å². The van der Waals surface area contributed by atoms with Crippen molar-refractivity contribution in [3.05, 3.63) is 59.9 Å². The lowest BCUT2D eigenvalue weighted by Crippen LogP contribution is -2.58. The number of nitrogens with one attached hydrogen (secondary N) is 1. The molecular weight excluding hydrogens is 375 g/mol. The van der Waals surface area contributed by atoms with E-state index in [1.54, 1.807) is 24.3 Å². The maximum atomic E-state index is 13.0. The van der Waals surface area contributed by atoms with Crippen LogP contribution in [0.1, 0.15) is 15.9 Å². The minimum atomic E-state index is -4.59. The van der Waals surface area contributed by atoms with Crippen molar-refractivity contribution in [1.29, 1.82) is 0 Å². The van der Waals surface area contributed by atoms with Gasteiger partial charge in [-0.2, -0.15) is 13.2 Å². The fourth-order valence-corrected chi connectivity index (χ4v) is 3.06. The molecule has 1 N–H and O–H groups in total. The van der Waals surface area contributed by atoms with Crippen LogP contribution in [0.4, 0.5) is 13.2 Å². The maximum absolute atomic E-state index is 13.0. The van der Waals surface area contributed by atoms with E-state index in [-0.39, 0.29) is 18.7 Å². The van der Waals surface area contributed by atoms with Crippen LogP contribution in [0.2, 0.25) is 0 Å². The van der Waals surface area contributed by atoms with E-state index in [4.69, 9.17) is 4.74 Å². The smallest absolute Gasteiger partial charge is 0.421 e. The number of para-hydroxylation sites is 1. The number of carbonyl (C=O) groups excluding carboxylic acids is 2. The number of ketones is 1. The van der Waals surface area contributed by atoms with E-state index in [1.807, 2.05) is 0 Å². The Morgan fingerprint density at radius 2 is 1.89 bits per heavy atom. The standard InChI is InChI=1S/C19H14F3N3O3/c20-19(21,22)14-5-3-7-23-17(14)28-11-9-25(10-11)18(27)16(26)13-8-24-15-6-2-1-4-12(13)15/h1-8,11,24H,9-10H2. The fraction of sp³-hybridized carbons (Fsp3) is 0.211. The van der Waals surface area contributed by atoms with Crippen molar-refractivity contribution in [1.82, 2.24) is 14.9 Å². The highest BCUT2D eigenvalue weighted by atomic mass is 19.4. The van der Waals surface area contributed by atoms with Crippen molar-refractivity contribution in [3.63, 3.8) is 0 Å². The summed E-state index contributed by atoms with van der Waals surface area (Å²) >= 11 is 0. The lowest BCUT2D eigenvalue weighted by molar-refractivity contribution is -0.143. The second-order valence-corrected chi connectivity index (χ2v) is 6.38. The Kier molecular flexibility index (Phi) is 4.29. The number of ether oxygens (including phenoxy) is 1. The first-order chi connectivity index (χ1) is 13.3. The zero-order chi connectivity index (χ0) is 19.9. The lowest BCUT2D eigenvalue weighted by atomic mass is 10.1. The minimum Gasteiger partial charge on any atom is -0.470 e. The molecule has 6 nitrogen and oxygen atoms in total. The number of amides is 1. The quantitative estimate of drug-likeness (QED) is 0.550. The van der Waals surface area contributed by atoms with E-state index >= 15 is 0 Å². The van der Waals surface area contributed by atoms with Crippen molar-refractivity contribution in [2.45, 2.75) is 12.3 Å². The summed E-state index contributed by atoms with van der Waals surface area (Å²) in [6.45, 7) is 0.0294. The second-order valence-electron chi connectivity index (χ2n) is 6.38. The molecule has 144 valence electrons. The topological polar surface area (TPSA) is 75.3 Å². The summed E-state index contributed by atoms with van der Waals surface area (Å²) in [6, 6.07) is 9.13. The van der Waals surface area contributed by atoms with Gasteiger partial charge in [0.15, 0.2) is 0 Å². The Morgan fingerprint density at radius 1 is 1.14 bits per heavy atom. The van der Waals surface area contributed by atoms with Gasteiger partial charge in [0.2, 0.25) is 5.88 Å². The average molecular weight is 389 g/mol. The number of benzene rings is 1. The van der Waals surface area contributed by atoms with Crippen LogP contribution in [-0.2, 0) is 11.0 Å². The van der Waals surface area contributed by atoms with E-state index in [0.717, 1.165) is 11.6 Å². The molecule has 1 aliphatic rings. The maximum Gasteiger partial charge on any atom is 0.421 e. The van der Waals surface area contributed by atoms with E-state index in [9.17, 15) is 22.8 Å². The van der Waals surface area contributed by atoms with Crippen molar-refractivity contribution in [2.75, 3.05) is 13.1 Å². The van der Waals surface area contributed by atoms with Crippen LogP contribution in [0.25, 0.3) is 10.9 Å². The number of aromatic amines is 1. The van der Waals surface area contributed by atoms with Crippen LogP contribution >= 0.6 is 0 Å². The van der Waals surface area contributed by atoms with Crippen molar-refractivity contribution in [2.24, 2.45) is 0 Å². The molecule has 28 heavy (non-hydrogen) atoms. The Labute approximate surface area is 156 Å². The average Bonchev–Trinajstić information content (AvgIpc) is 3.07. The number of likely N-dealkylation sites (tertiary alicyclic amines) is 1. The number of fused-ring (bicyclic) bond motifs is 1. The van der Waals surface area contributed by atoms with Crippen molar-refractivity contribution >= 4 is 22.6 Å². The van der Waals surface area contributed by atoms with Crippen LogP contribution in [0, 0.1) is 0 Å². The highest BCUT2D eigenvalue weighted by Gasteiger charge is 2.40. The molecule has 1 saturated heterocycles. The fourth-order valence-electron chi connectivity index (χ4n) is 3.06. The molecular formula is C19H14F3N3O3. The van der Waals surface area contributed by atoms with Gasteiger partial charge in [0, 0.05) is 23.3 Å². The number of hydrogen-bond acceptors (Lipinski definition) is 4. The van der Waals surface area contributed by atoms with Gasteiger partial charge in [-0.1, -0.05) is 18.2 Å². The lowest BCUT2D eigenvalue weighted by Gasteiger charge is -2.38. The number of Topliss-reactive ketones (excluding diaryl/α,β-unsaturated/α-hetero) is 1. The van der Waals surface area contributed by atoms with Crippen LogP contribution in [-0.4, -0.2) is 45.8 Å². The summed E-state index contributed by atoms with van der Waals surface area (Å²) in [4.78, 5) is 32.7. The molecule has 3 heterocycles. The van der Waals surface area contributed by atoms with Gasteiger partial charge in [-0.05, 0) is 18.2 Å². The molecule has 1 amide bonds. The predicted octanol–water partition coefficient (Wildman–Crippen LogP) is 3.05. The first-order valence-corrected chi connectivity index (χ1v) is 8.43. The van der Waals surface area contributed by atoms with Gasteiger partial charge in [-0.3, -0.25) is 9.59 Å². The summed E-state index contributed by atoms with van der Waals surface area (Å²) in [6.07, 6.45) is -2.57. The van der Waals surface area contributed by atoms with E-state index < -0.39 is 35.4 Å². The molecule has 1 aliphatic heterocycles. The summed E-state index contributed by atoms with van der Waals surface area (Å²) in [5, 5.41) is 0.637. The summed E-state index contributed by atoms with van der Waals surface area (Å²) in [5.41, 5.74) is 0.0157. The number of aromatic nitrogens is 2. The first-order valence-electron chi connectivity index (χ1n) is 8.43. The molecule has 0 atom stereocenters. The Hall–Kier alpha value is -3.36. The third kappa shape index (κ3) is 3.19. The molecule has 0 bridgehead atoms. The van der Waals surface area contributed by atoms with Gasteiger partial charge in [0.1, 0.15) is 11.7 Å². The largest absolute Gasteiger partial charge is 0.470 e. The number of alkyl halides is 3. The summed E-state index contributed by atoms with van der Waals surface area (Å²) in [7, 11) is 0. The highest BCUT2D eigenvalue weighted by Crippen LogP contribution is 2.35. The van der Waals surface area contributed by atoms with Crippen molar-refractivity contribution in [3.8, 4) is 5.88 Å². The van der Waals surface area contributed by atoms with E-state index in [0.29, 0.717) is 5.39 Å². The number of carbonyl (C=O) groups is 2. The molecule has 1 aromatic carbocycles. The SMILES string of the molecule is O=C(C(=O)N1CC(Oc2ncccc2C(F)(F)F)C1)c1c[nH]c2ccccc12. The zero-order valence-corrected chi connectivity index (χ0v) is 14.4. The van der Waals surface area contributed by atoms with Gasteiger partial charge in [-0.25, -0.2) is 4.98 Å². The monoisotopic (exact) mass is 389 g/mol. The second kappa shape index (κ2) is 6.66. The molecule has 0 saturated carbocycles. The number of nitrogens with zero attached hydrogens (tertiary/aromatic N) is 2. The zero-order valence-electron chi connectivity index (χ0n) is 14.4. The first kappa shape index (κ1) is 18.0. The molecule has 9 heteroatoms. The molecule has 3 aromatic rings. The van der Waals surface area contributed by atoms with Crippen LogP contribution in [0.5, 0.6) is 5.88 Å². The predicted molar refractivity (Wildman–Crippen MR) is 92.9 cm³/mol. The van der Waals surface area contributed by atoms with Crippen LogP contribution in [0.3, 0.4) is 0 Å². The highest BCUT2D eigenvalue weighted by molar-refractivity contribution is 6.45. The van der Waals surface area contributed by atoms with Gasteiger partial charge in [0.05, 0.1) is 18.7 Å². The molecule has 0 spiro atoms. The Balaban J connectivity index is 1.42. The third-order valence-electron chi connectivity index (χ3n) is 4.52. The Bertz CT molecular complexity index is 1060. The third-order valence-corrected chi connectivity index (χ3v) is 4.52. The molecule has 2 aromatic heterocycles. The Morgan fingerprint density at radius 3 is 2.64 bits per heavy atom. The normalized spacial score (nSPS) is 14.8. The van der Waals surface area contributed by atoms with Gasteiger partial charge >= 0.3 is 6.18 Å². The van der Waals surface area contributed by atoms with Gasteiger partial charge in [0.25, 0.3) is 11.7 Å². The number of H-pyrrole nitrogens is 1. The number of pyridine rings is 1. The molecule has 0 radical (unpaired) electrons. The minimum absolute atomic E-state index is 0.0147. The molecule has 0 unspecified atom stereocenters. The summed E-state index contributed by atoms with van der Waals surface area (Å²) < 4.78 is 44.2. The number of rotatable bonds is 4. The van der Waals surface area contributed by atoms with Gasteiger partial charge in [-0.15, -0.1) is 0 Å². The molecule has 1 fully saturated rings. The summed E-state index contributed by atoms with van der Waals surface area (Å²) in [5.74, 6) is -1.93. The van der Waals surface area contributed by atoms with Crippen LogP contribution < -0.4 is 4.74 Å².